The quantitative estimate of drug-likeness (QED) is 0.431. The zero-order valence-electron chi connectivity index (χ0n) is 11.3. The highest BCUT2D eigenvalue weighted by Crippen LogP contribution is 2.26. The van der Waals surface area contributed by atoms with Crippen LogP contribution in [0.15, 0.2) is 39.7 Å². The lowest BCUT2D eigenvalue weighted by Crippen LogP contribution is -2.13. The van der Waals surface area contributed by atoms with Gasteiger partial charge >= 0.3 is 0 Å². The van der Waals surface area contributed by atoms with E-state index in [4.69, 9.17) is 16.0 Å². The molecule has 0 spiro atoms. The topological polar surface area (TPSA) is 122 Å². The van der Waals surface area contributed by atoms with Gasteiger partial charge in [0.15, 0.2) is 11.5 Å². The Morgan fingerprint density at radius 1 is 1.48 bits per heavy atom. The summed E-state index contributed by atoms with van der Waals surface area (Å²) in [5.41, 5.74) is -1.10. The molecular weight excluding hydrogens is 326 g/mol. The van der Waals surface area contributed by atoms with E-state index >= 15 is 0 Å². The van der Waals surface area contributed by atoms with Crippen LogP contribution in [-0.2, 0) is 0 Å². The van der Waals surface area contributed by atoms with Crippen LogP contribution in [0.1, 0.15) is 11.5 Å². The zero-order valence-corrected chi connectivity index (χ0v) is 12.1. The molecule has 0 aliphatic carbocycles. The van der Waals surface area contributed by atoms with E-state index in [2.05, 4.69) is 9.97 Å². The van der Waals surface area contributed by atoms with Gasteiger partial charge in [-0.05, 0) is 18.2 Å². The molecule has 0 bridgehead atoms. The lowest BCUT2D eigenvalue weighted by Gasteiger charge is -2.02. The molecule has 2 N–H and O–H groups in total. The molecule has 0 fully saturated rings. The van der Waals surface area contributed by atoms with Gasteiger partial charge in [-0.25, -0.2) is 4.98 Å². The van der Waals surface area contributed by atoms with E-state index in [9.17, 15) is 20.0 Å². The number of aromatic nitrogens is 2. The van der Waals surface area contributed by atoms with Gasteiger partial charge in [0.05, 0.1) is 16.7 Å². The van der Waals surface area contributed by atoms with Crippen molar-refractivity contribution in [1.82, 2.24) is 9.97 Å². The average molecular weight is 334 g/mol. The monoisotopic (exact) mass is 333 g/mol. The molecule has 23 heavy (non-hydrogen) atoms. The van der Waals surface area contributed by atoms with Crippen molar-refractivity contribution in [3.8, 4) is 0 Å². The van der Waals surface area contributed by atoms with Crippen LogP contribution in [0.4, 0.5) is 5.69 Å². The van der Waals surface area contributed by atoms with Crippen molar-refractivity contribution in [2.45, 2.75) is 0 Å². The number of nitro benzene ring substituents is 1. The maximum Gasteiger partial charge on any atom is 0.296 e. The summed E-state index contributed by atoms with van der Waals surface area (Å²) in [5, 5.41) is 21.0. The van der Waals surface area contributed by atoms with E-state index in [0.29, 0.717) is 0 Å². The number of non-ortho nitro benzene ring substituents is 1. The number of furan rings is 1. The second-order valence-corrected chi connectivity index (χ2v) is 4.97. The summed E-state index contributed by atoms with van der Waals surface area (Å²) < 4.78 is 5.00. The summed E-state index contributed by atoms with van der Waals surface area (Å²) in [7, 11) is 0. The summed E-state index contributed by atoms with van der Waals surface area (Å²) in [6, 6.07) is 5.57. The smallest absolute Gasteiger partial charge is 0.296 e. The molecule has 8 nitrogen and oxygen atoms in total. The van der Waals surface area contributed by atoms with Crippen molar-refractivity contribution in [3.05, 3.63) is 67.5 Å². The number of aliphatic hydroxyl groups excluding tert-OH is 1. The molecule has 0 saturated carbocycles. The highest BCUT2D eigenvalue weighted by atomic mass is 35.5. The first-order valence-corrected chi connectivity index (χ1v) is 6.66. The molecule has 2 heterocycles. The van der Waals surface area contributed by atoms with Gasteiger partial charge in [-0.2, -0.15) is 0 Å². The van der Waals surface area contributed by atoms with Gasteiger partial charge in [0, 0.05) is 17.2 Å². The van der Waals surface area contributed by atoms with Gasteiger partial charge < -0.3 is 14.5 Å². The van der Waals surface area contributed by atoms with Crippen molar-refractivity contribution in [3.63, 3.8) is 0 Å². The molecule has 0 saturated heterocycles. The van der Waals surface area contributed by atoms with Crippen LogP contribution in [0.3, 0.4) is 0 Å². The van der Waals surface area contributed by atoms with Crippen molar-refractivity contribution in [2.75, 3.05) is 0 Å². The molecule has 0 aliphatic heterocycles. The molecular formula is C14H8ClN3O5. The van der Waals surface area contributed by atoms with Gasteiger partial charge in [-0.3, -0.25) is 14.9 Å². The summed E-state index contributed by atoms with van der Waals surface area (Å²) in [5.74, 6) is -0.146. The van der Waals surface area contributed by atoms with Crippen LogP contribution in [0.25, 0.3) is 22.9 Å². The predicted molar refractivity (Wildman–Crippen MR) is 83.2 cm³/mol. The maximum absolute atomic E-state index is 12.0. The van der Waals surface area contributed by atoms with Crippen LogP contribution >= 0.6 is 11.6 Å². The highest BCUT2D eigenvalue weighted by molar-refractivity contribution is 6.31. The summed E-state index contributed by atoms with van der Waals surface area (Å²) in [6.45, 7) is 0. The number of halogens is 1. The minimum absolute atomic E-state index is 0.0426. The van der Waals surface area contributed by atoms with Crippen LogP contribution in [0.2, 0.25) is 5.02 Å². The molecule has 1 aromatic carbocycles. The zero-order chi connectivity index (χ0) is 16.6. The fraction of sp³-hybridized carbons (Fsp3) is 0. The standard InChI is InChI=1S/C14H8ClN3O5/c15-7-4-8-13(10(5-7)18(21)22)17-14(20)9(16-8)6-11(19)12-2-1-3-23-12/h1-6,19H,(H,17,20). The van der Waals surface area contributed by atoms with E-state index in [1.165, 1.54) is 18.4 Å². The Kier molecular flexibility index (Phi) is 3.59. The Hall–Kier alpha value is -3.13. The first-order valence-electron chi connectivity index (χ1n) is 6.28. The summed E-state index contributed by atoms with van der Waals surface area (Å²) in [4.78, 5) is 28.8. The SMILES string of the molecule is O=c1[nH]c2c([N+](=O)[O-])cc(Cl)cc2nc1C=C(O)c1ccco1. The molecule has 0 aliphatic rings. The second-order valence-electron chi connectivity index (χ2n) is 4.53. The number of nitrogens with zero attached hydrogens (tertiary/aromatic N) is 2. The van der Waals surface area contributed by atoms with Crippen LogP contribution in [-0.4, -0.2) is 20.0 Å². The van der Waals surface area contributed by atoms with Gasteiger partial charge in [-0.1, -0.05) is 11.6 Å². The Balaban J connectivity index is 2.21. The normalized spacial score (nSPS) is 11.8. The lowest BCUT2D eigenvalue weighted by atomic mass is 10.2. The molecule has 116 valence electrons. The molecule has 3 aromatic rings. The van der Waals surface area contributed by atoms with Gasteiger partial charge in [0.25, 0.3) is 11.2 Å². The molecule has 3 rings (SSSR count). The minimum atomic E-state index is -0.693. The number of nitro groups is 1. The number of H-pyrrole nitrogens is 1. The molecule has 2 aromatic heterocycles. The van der Waals surface area contributed by atoms with Crippen LogP contribution < -0.4 is 5.56 Å². The third kappa shape index (κ3) is 2.79. The number of hydrogen-bond donors (Lipinski definition) is 2. The van der Waals surface area contributed by atoms with Crippen molar-refractivity contribution in [2.24, 2.45) is 0 Å². The Bertz CT molecular complexity index is 992. The average Bonchev–Trinajstić information content (AvgIpc) is 3.02. The Labute approximate surface area is 132 Å². The molecule has 0 atom stereocenters. The van der Waals surface area contributed by atoms with E-state index in [1.54, 1.807) is 6.07 Å². The second kappa shape index (κ2) is 5.58. The maximum atomic E-state index is 12.0. The molecule has 9 heteroatoms. The van der Waals surface area contributed by atoms with E-state index in [1.807, 2.05) is 0 Å². The number of hydrogen-bond acceptors (Lipinski definition) is 6. The van der Waals surface area contributed by atoms with Crippen molar-refractivity contribution >= 4 is 40.2 Å². The van der Waals surface area contributed by atoms with Crippen molar-refractivity contribution in [1.29, 1.82) is 0 Å². The van der Waals surface area contributed by atoms with Crippen molar-refractivity contribution < 1.29 is 14.4 Å². The number of fused-ring (bicyclic) bond motifs is 1. The minimum Gasteiger partial charge on any atom is -0.504 e. The number of aliphatic hydroxyl groups is 1. The molecule has 0 radical (unpaired) electrons. The first kappa shape index (κ1) is 14.8. The number of nitrogens with one attached hydrogen (secondary N) is 1. The lowest BCUT2D eigenvalue weighted by molar-refractivity contribution is -0.383. The van der Waals surface area contributed by atoms with E-state index < -0.39 is 10.5 Å². The van der Waals surface area contributed by atoms with E-state index in [0.717, 1.165) is 12.1 Å². The van der Waals surface area contributed by atoms with Crippen LogP contribution in [0, 0.1) is 10.1 Å². The first-order chi connectivity index (χ1) is 11.0. The summed E-state index contributed by atoms with van der Waals surface area (Å²) >= 11 is 5.83. The fourth-order valence-corrected chi connectivity index (χ4v) is 2.23. The van der Waals surface area contributed by atoms with E-state index in [-0.39, 0.29) is 39.0 Å². The van der Waals surface area contributed by atoms with Gasteiger partial charge in [0.2, 0.25) is 0 Å². The number of rotatable bonds is 3. The third-order valence-corrected chi connectivity index (χ3v) is 3.24. The van der Waals surface area contributed by atoms with Gasteiger partial charge in [0.1, 0.15) is 11.2 Å². The predicted octanol–water partition coefficient (Wildman–Crippen LogP) is 3.13. The molecule has 0 amide bonds. The Morgan fingerprint density at radius 2 is 2.26 bits per heavy atom. The highest BCUT2D eigenvalue weighted by Gasteiger charge is 2.17. The number of benzene rings is 1. The molecule has 0 unspecified atom stereocenters. The largest absolute Gasteiger partial charge is 0.504 e. The fourth-order valence-electron chi connectivity index (χ4n) is 2.02. The number of aromatic amines is 1. The van der Waals surface area contributed by atoms with Crippen LogP contribution in [0.5, 0.6) is 0 Å². The third-order valence-electron chi connectivity index (χ3n) is 3.02. The van der Waals surface area contributed by atoms with Gasteiger partial charge in [-0.15, -0.1) is 0 Å². The Morgan fingerprint density at radius 3 is 2.91 bits per heavy atom. The summed E-state index contributed by atoms with van der Waals surface area (Å²) in [6.07, 6.45) is 2.46.